The predicted molar refractivity (Wildman–Crippen MR) is 62.4 cm³/mol. The fourth-order valence-corrected chi connectivity index (χ4v) is 1.89. The number of thiazole rings is 1. The largest absolute Gasteiger partial charge is 0.485 e. The normalized spacial score (nSPS) is 10.2. The molecule has 2 aromatic rings. The molecule has 0 atom stereocenters. The third kappa shape index (κ3) is 2.79. The number of aryl methyl sites for hydroxylation is 1. The third-order valence-electron chi connectivity index (χ3n) is 2.02. The van der Waals surface area contributed by atoms with Crippen molar-refractivity contribution in [2.24, 2.45) is 0 Å². The average Bonchev–Trinajstić information content (AvgIpc) is 2.73. The van der Waals surface area contributed by atoms with E-state index in [1.165, 1.54) is 17.5 Å². The quantitative estimate of drug-likeness (QED) is 0.899. The number of hydrogen-bond acceptors (Lipinski definition) is 5. The number of carboxylic acid groups (broad SMARTS) is 1. The molecule has 17 heavy (non-hydrogen) atoms. The molecule has 0 amide bonds. The van der Waals surface area contributed by atoms with E-state index in [1.54, 1.807) is 12.1 Å². The molecule has 5 nitrogen and oxygen atoms in total. The van der Waals surface area contributed by atoms with Gasteiger partial charge < -0.3 is 9.84 Å². The van der Waals surface area contributed by atoms with E-state index in [0.29, 0.717) is 0 Å². The van der Waals surface area contributed by atoms with Crippen LogP contribution in [0.15, 0.2) is 23.7 Å². The summed E-state index contributed by atoms with van der Waals surface area (Å²) in [5, 5.41) is 11.7. The van der Waals surface area contributed by atoms with Gasteiger partial charge in [-0.05, 0) is 19.1 Å². The molecule has 0 aromatic carbocycles. The van der Waals surface area contributed by atoms with Gasteiger partial charge in [-0.3, -0.25) is 0 Å². The molecule has 2 rings (SSSR count). The summed E-state index contributed by atoms with van der Waals surface area (Å²) in [4.78, 5) is 18.9. The van der Waals surface area contributed by atoms with E-state index in [0.717, 1.165) is 10.7 Å². The van der Waals surface area contributed by atoms with Gasteiger partial charge in [0.05, 0.1) is 10.7 Å². The third-order valence-corrected chi connectivity index (χ3v) is 2.84. The second-order valence-electron chi connectivity index (χ2n) is 3.30. The van der Waals surface area contributed by atoms with Crippen molar-refractivity contribution in [1.82, 2.24) is 9.97 Å². The highest BCUT2D eigenvalue weighted by atomic mass is 32.1. The van der Waals surface area contributed by atoms with Crippen LogP contribution in [0.5, 0.6) is 5.75 Å². The van der Waals surface area contributed by atoms with Crippen molar-refractivity contribution in [2.75, 3.05) is 0 Å². The van der Waals surface area contributed by atoms with Crippen LogP contribution >= 0.6 is 11.3 Å². The molecule has 0 aliphatic rings. The van der Waals surface area contributed by atoms with Crippen molar-refractivity contribution in [3.8, 4) is 5.75 Å². The van der Waals surface area contributed by atoms with Crippen molar-refractivity contribution >= 4 is 17.3 Å². The molecule has 88 valence electrons. The molecule has 6 heteroatoms. The molecule has 0 aliphatic carbocycles. The van der Waals surface area contributed by atoms with E-state index < -0.39 is 5.97 Å². The van der Waals surface area contributed by atoms with Gasteiger partial charge in [0.2, 0.25) is 0 Å². The second kappa shape index (κ2) is 4.92. The zero-order valence-corrected chi connectivity index (χ0v) is 9.90. The lowest BCUT2D eigenvalue weighted by molar-refractivity contribution is 0.0684. The van der Waals surface area contributed by atoms with Crippen LogP contribution < -0.4 is 4.74 Å². The summed E-state index contributed by atoms with van der Waals surface area (Å²) in [5.41, 5.74) is 0.701. The van der Waals surface area contributed by atoms with Crippen LogP contribution in [0.4, 0.5) is 0 Å². The molecule has 0 saturated carbocycles. The van der Waals surface area contributed by atoms with Crippen molar-refractivity contribution in [1.29, 1.82) is 0 Å². The van der Waals surface area contributed by atoms with Crippen molar-refractivity contribution in [3.05, 3.63) is 40.1 Å². The summed E-state index contributed by atoms with van der Waals surface area (Å²) in [6.45, 7) is 2.15. The van der Waals surface area contributed by atoms with Crippen LogP contribution in [-0.2, 0) is 6.61 Å². The van der Waals surface area contributed by atoms with E-state index in [-0.39, 0.29) is 18.1 Å². The van der Waals surface area contributed by atoms with Crippen LogP contribution in [0.2, 0.25) is 0 Å². The number of carboxylic acids is 1. The first-order valence-corrected chi connectivity index (χ1v) is 5.77. The predicted octanol–water partition coefficient (Wildman–Crippen LogP) is 2.12. The summed E-state index contributed by atoms with van der Waals surface area (Å²) in [5.74, 6) is -0.847. The van der Waals surface area contributed by atoms with Crippen molar-refractivity contribution in [3.63, 3.8) is 0 Å². The van der Waals surface area contributed by atoms with Crippen LogP contribution in [0.3, 0.4) is 0 Å². The number of aromatic carboxylic acids is 1. The highest BCUT2D eigenvalue weighted by molar-refractivity contribution is 7.09. The minimum Gasteiger partial charge on any atom is -0.485 e. The number of nitrogens with zero attached hydrogens (tertiary/aromatic N) is 2. The summed E-state index contributed by atoms with van der Waals surface area (Å²) in [7, 11) is 0. The van der Waals surface area contributed by atoms with Crippen LogP contribution in [-0.4, -0.2) is 21.0 Å². The standard InChI is InChI=1S/C11H10N2O3S/c1-7-13-8(6-17-7)5-16-9-3-2-4-12-10(9)11(14)15/h2-4,6H,5H2,1H3,(H,14,15). The number of aromatic nitrogens is 2. The molecule has 1 N–H and O–H groups in total. The van der Waals surface area contributed by atoms with Gasteiger partial charge in [0.15, 0.2) is 11.4 Å². The van der Waals surface area contributed by atoms with Crippen molar-refractivity contribution < 1.29 is 14.6 Å². The maximum absolute atomic E-state index is 10.9. The van der Waals surface area contributed by atoms with E-state index >= 15 is 0 Å². The van der Waals surface area contributed by atoms with Crippen LogP contribution in [0.1, 0.15) is 21.2 Å². The minimum absolute atomic E-state index is 0.0838. The molecular formula is C11H10N2O3S. The molecular weight excluding hydrogens is 240 g/mol. The molecule has 0 saturated heterocycles. The van der Waals surface area contributed by atoms with E-state index in [9.17, 15) is 4.79 Å². The first-order valence-electron chi connectivity index (χ1n) is 4.89. The van der Waals surface area contributed by atoms with E-state index in [1.807, 2.05) is 12.3 Å². The first kappa shape index (κ1) is 11.5. The summed E-state index contributed by atoms with van der Waals surface area (Å²) < 4.78 is 5.40. The van der Waals surface area contributed by atoms with Gasteiger partial charge in [0.1, 0.15) is 6.61 Å². The Labute approximate surface area is 102 Å². The number of carbonyl (C=O) groups is 1. The number of ether oxygens (including phenoxy) is 1. The lowest BCUT2D eigenvalue weighted by atomic mass is 10.3. The first-order chi connectivity index (χ1) is 8.16. The molecule has 0 spiro atoms. The number of rotatable bonds is 4. The monoisotopic (exact) mass is 250 g/mol. The molecule has 0 fully saturated rings. The zero-order valence-electron chi connectivity index (χ0n) is 9.08. The van der Waals surface area contributed by atoms with E-state index in [4.69, 9.17) is 9.84 Å². The summed E-state index contributed by atoms with van der Waals surface area (Å²) >= 11 is 1.53. The smallest absolute Gasteiger partial charge is 0.358 e. The number of pyridine rings is 1. The lowest BCUT2D eigenvalue weighted by Crippen LogP contribution is -2.05. The molecule has 0 radical (unpaired) electrons. The fourth-order valence-electron chi connectivity index (χ4n) is 1.29. The Bertz CT molecular complexity index is 539. The molecule has 2 aromatic heterocycles. The highest BCUT2D eigenvalue weighted by Gasteiger charge is 2.12. The summed E-state index contributed by atoms with van der Waals surface area (Å²) in [6.07, 6.45) is 1.42. The molecule has 0 unspecified atom stereocenters. The highest BCUT2D eigenvalue weighted by Crippen LogP contribution is 2.17. The fraction of sp³-hybridized carbons (Fsp3) is 0.182. The SMILES string of the molecule is Cc1nc(COc2cccnc2C(=O)O)cs1. The number of hydrogen-bond donors (Lipinski definition) is 1. The Balaban J connectivity index is 2.11. The topological polar surface area (TPSA) is 72.3 Å². The second-order valence-corrected chi connectivity index (χ2v) is 4.36. The Morgan fingerprint density at radius 1 is 1.59 bits per heavy atom. The Hall–Kier alpha value is -1.95. The zero-order chi connectivity index (χ0) is 12.3. The van der Waals surface area contributed by atoms with Gasteiger partial charge in [0, 0.05) is 11.6 Å². The van der Waals surface area contributed by atoms with Crippen LogP contribution in [0, 0.1) is 6.92 Å². The average molecular weight is 250 g/mol. The summed E-state index contributed by atoms with van der Waals surface area (Å²) in [6, 6.07) is 3.21. The van der Waals surface area contributed by atoms with Gasteiger partial charge in [0.25, 0.3) is 0 Å². The minimum atomic E-state index is -1.10. The van der Waals surface area contributed by atoms with Gasteiger partial charge in [-0.15, -0.1) is 11.3 Å². The molecule has 0 aliphatic heterocycles. The maximum Gasteiger partial charge on any atom is 0.358 e. The maximum atomic E-state index is 10.9. The van der Waals surface area contributed by atoms with E-state index in [2.05, 4.69) is 9.97 Å². The van der Waals surface area contributed by atoms with Crippen LogP contribution in [0.25, 0.3) is 0 Å². The van der Waals surface area contributed by atoms with Gasteiger partial charge >= 0.3 is 5.97 Å². The van der Waals surface area contributed by atoms with Gasteiger partial charge in [-0.2, -0.15) is 0 Å². The van der Waals surface area contributed by atoms with Gasteiger partial charge in [-0.1, -0.05) is 0 Å². The lowest BCUT2D eigenvalue weighted by Gasteiger charge is -2.06. The Morgan fingerprint density at radius 2 is 2.41 bits per heavy atom. The molecule has 2 heterocycles. The molecule has 0 bridgehead atoms. The Morgan fingerprint density at radius 3 is 3.06 bits per heavy atom. The van der Waals surface area contributed by atoms with Crippen molar-refractivity contribution in [2.45, 2.75) is 13.5 Å². The van der Waals surface area contributed by atoms with Gasteiger partial charge in [-0.25, -0.2) is 14.8 Å². The Kier molecular flexibility index (Phi) is 3.34.